The second kappa shape index (κ2) is 10.6. The molecule has 0 spiro atoms. The minimum Gasteiger partial charge on any atom is -0.494 e. The number of amides is 1. The Balaban J connectivity index is 1.55. The minimum absolute atomic E-state index is 0.0497. The fourth-order valence-corrected chi connectivity index (χ4v) is 3.09. The first-order chi connectivity index (χ1) is 14.5. The molecule has 0 fully saturated rings. The van der Waals surface area contributed by atoms with Gasteiger partial charge in [0, 0.05) is 40.1 Å². The van der Waals surface area contributed by atoms with Gasteiger partial charge in [-0.15, -0.1) is 0 Å². The average Bonchev–Trinajstić information content (AvgIpc) is 2.74. The smallest absolute Gasteiger partial charge is 0.248 e. The van der Waals surface area contributed by atoms with Crippen LogP contribution in [0.15, 0.2) is 66.9 Å². The van der Waals surface area contributed by atoms with Crippen LogP contribution in [0.5, 0.6) is 5.75 Å². The summed E-state index contributed by atoms with van der Waals surface area (Å²) in [4.78, 5) is 16.6. The van der Waals surface area contributed by atoms with Crippen molar-refractivity contribution in [2.24, 2.45) is 0 Å². The number of halogens is 1. The van der Waals surface area contributed by atoms with Crippen LogP contribution in [-0.4, -0.2) is 23.5 Å². The fourth-order valence-electron chi connectivity index (χ4n) is 2.93. The molecule has 3 rings (SSSR count). The Kier molecular flexibility index (Phi) is 7.69. The van der Waals surface area contributed by atoms with Gasteiger partial charge in [-0.25, -0.2) is 0 Å². The number of anilines is 2. The normalized spacial score (nSPS) is 12.1. The van der Waals surface area contributed by atoms with Crippen molar-refractivity contribution in [2.75, 3.05) is 17.2 Å². The second-order valence-electron chi connectivity index (χ2n) is 7.03. The molecule has 6 heteroatoms. The molecule has 0 aliphatic carbocycles. The van der Waals surface area contributed by atoms with Crippen molar-refractivity contribution in [1.29, 1.82) is 0 Å². The van der Waals surface area contributed by atoms with Crippen LogP contribution >= 0.6 is 11.6 Å². The van der Waals surface area contributed by atoms with E-state index in [4.69, 9.17) is 16.3 Å². The number of nitrogens with one attached hydrogen (secondary N) is 2. The maximum atomic E-state index is 12.2. The van der Waals surface area contributed by atoms with Gasteiger partial charge >= 0.3 is 0 Å². The molecule has 0 aliphatic heterocycles. The van der Waals surface area contributed by atoms with Gasteiger partial charge in [-0.3, -0.25) is 9.78 Å². The lowest BCUT2D eigenvalue weighted by Crippen LogP contribution is -2.14. The molecule has 1 amide bonds. The number of hydrogen-bond donors (Lipinski definition) is 2. The second-order valence-corrected chi connectivity index (χ2v) is 7.46. The third kappa shape index (κ3) is 6.22. The van der Waals surface area contributed by atoms with Gasteiger partial charge in [0.25, 0.3) is 0 Å². The number of hydrogen-bond acceptors (Lipinski definition) is 4. The Bertz CT molecular complexity index is 1020. The Morgan fingerprint density at radius 3 is 2.77 bits per heavy atom. The molecule has 1 heterocycles. The molecular formula is C24H26ClN3O2. The van der Waals surface area contributed by atoms with E-state index in [0.717, 1.165) is 40.9 Å². The summed E-state index contributed by atoms with van der Waals surface area (Å²) >= 11 is 6.04. The van der Waals surface area contributed by atoms with Crippen molar-refractivity contribution in [2.45, 2.75) is 32.7 Å². The Morgan fingerprint density at radius 1 is 1.20 bits per heavy atom. The highest BCUT2D eigenvalue weighted by molar-refractivity contribution is 6.31. The van der Waals surface area contributed by atoms with Crippen LogP contribution in [0.4, 0.5) is 11.4 Å². The predicted molar refractivity (Wildman–Crippen MR) is 124 cm³/mol. The highest BCUT2D eigenvalue weighted by Crippen LogP contribution is 2.25. The molecule has 1 atom stereocenters. The van der Waals surface area contributed by atoms with Crippen LogP contribution < -0.4 is 15.4 Å². The molecule has 2 aromatic carbocycles. The maximum absolute atomic E-state index is 12.2. The minimum atomic E-state index is -0.185. The molecule has 0 radical (unpaired) electrons. The van der Waals surface area contributed by atoms with E-state index in [1.54, 1.807) is 6.20 Å². The first-order valence-electron chi connectivity index (χ1n) is 10.1. The number of rotatable bonds is 9. The van der Waals surface area contributed by atoms with E-state index >= 15 is 0 Å². The highest BCUT2D eigenvalue weighted by atomic mass is 35.5. The van der Waals surface area contributed by atoms with E-state index in [1.807, 2.05) is 61.5 Å². The largest absolute Gasteiger partial charge is 0.494 e. The number of benzene rings is 2. The summed E-state index contributed by atoms with van der Waals surface area (Å²) in [6.45, 7) is 4.81. The number of ether oxygens (including phenoxy) is 1. The molecule has 0 aliphatic rings. The molecule has 0 unspecified atom stereocenters. The van der Waals surface area contributed by atoms with Crippen LogP contribution in [-0.2, 0) is 4.79 Å². The van der Waals surface area contributed by atoms with Crippen molar-refractivity contribution in [3.63, 3.8) is 0 Å². The summed E-state index contributed by atoms with van der Waals surface area (Å²) < 4.78 is 5.63. The van der Waals surface area contributed by atoms with Crippen molar-refractivity contribution < 1.29 is 9.53 Å². The van der Waals surface area contributed by atoms with Crippen molar-refractivity contribution in [3.8, 4) is 5.75 Å². The molecular weight excluding hydrogens is 398 g/mol. The third-order valence-electron chi connectivity index (χ3n) is 4.51. The van der Waals surface area contributed by atoms with E-state index in [0.29, 0.717) is 11.6 Å². The van der Waals surface area contributed by atoms with Gasteiger partial charge in [-0.2, -0.15) is 0 Å². The Morgan fingerprint density at radius 2 is 2.00 bits per heavy atom. The number of fused-ring (bicyclic) bond motifs is 1. The monoisotopic (exact) mass is 423 g/mol. The first-order valence-corrected chi connectivity index (χ1v) is 10.5. The van der Waals surface area contributed by atoms with Gasteiger partial charge in [0.05, 0.1) is 12.1 Å². The third-order valence-corrected chi connectivity index (χ3v) is 4.75. The van der Waals surface area contributed by atoms with Crippen molar-refractivity contribution in [1.82, 2.24) is 4.98 Å². The summed E-state index contributed by atoms with van der Waals surface area (Å²) in [6.07, 6.45) is 7.21. The number of aromatic nitrogens is 1. The fraction of sp³-hybridized carbons (Fsp3) is 0.250. The van der Waals surface area contributed by atoms with Crippen molar-refractivity contribution >= 4 is 39.8 Å². The van der Waals surface area contributed by atoms with Gasteiger partial charge in [-0.1, -0.05) is 31.0 Å². The van der Waals surface area contributed by atoms with E-state index in [2.05, 4.69) is 22.5 Å². The van der Waals surface area contributed by atoms with E-state index < -0.39 is 0 Å². The topological polar surface area (TPSA) is 63.2 Å². The molecule has 0 saturated carbocycles. The lowest BCUT2D eigenvalue weighted by Gasteiger charge is -2.13. The van der Waals surface area contributed by atoms with Gasteiger partial charge in [0.2, 0.25) is 5.91 Å². The molecule has 5 nitrogen and oxygen atoms in total. The van der Waals surface area contributed by atoms with Gasteiger partial charge in [-0.05, 0) is 61.9 Å². The molecule has 0 bridgehead atoms. The molecule has 156 valence electrons. The highest BCUT2D eigenvalue weighted by Gasteiger charge is 2.06. The van der Waals surface area contributed by atoms with Gasteiger partial charge in [0.15, 0.2) is 0 Å². The average molecular weight is 424 g/mol. The van der Waals surface area contributed by atoms with Crippen molar-refractivity contribution in [3.05, 3.63) is 71.9 Å². The number of carbonyl (C=O) groups is 1. The lowest BCUT2D eigenvalue weighted by atomic mass is 10.1. The molecule has 0 saturated heterocycles. The molecule has 1 aromatic heterocycles. The number of unbranched alkanes of at least 4 members (excludes halogenated alkanes) is 1. The van der Waals surface area contributed by atoms with Gasteiger partial charge < -0.3 is 15.4 Å². The summed E-state index contributed by atoms with van der Waals surface area (Å²) in [5, 5.41) is 7.88. The molecule has 2 N–H and O–H groups in total. The van der Waals surface area contributed by atoms with Gasteiger partial charge in [0.1, 0.15) is 5.75 Å². The standard InChI is InChI=1S/C24H26ClN3O2/c1-3-4-15-30-20-9-7-19(8-10-20)28-24(29)12-5-17(2)27-22-13-14-26-23-16-18(25)6-11-21(22)23/h5-14,16-17H,3-4,15H2,1-2H3,(H,26,27)(H,28,29)/b12-5+/t17-/m0/s1. The van der Waals surface area contributed by atoms with E-state index in [9.17, 15) is 4.79 Å². The summed E-state index contributed by atoms with van der Waals surface area (Å²) in [6, 6.07) is 14.9. The molecule has 30 heavy (non-hydrogen) atoms. The van der Waals surface area contributed by atoms with Crippen LogP contribution in [0.1, 0.15) is 26.7 Å². The molecule has 3 aromatic rings. The summed E-state index contributed by atoms with van der Waals surface area (Å²) in [5.41, 5.74) is 2.49. The van der Waals surface area contributed by atoms with Crippen LogP contribution in [0, 0.1) is 0 Å². The predicted octanol–water partition coefficient (Wildman–Crippen LogP) is 6.06. The van der Waals surface area contributed by atoms with Crippen LogP contribution in [0.3, 0.4) is 0 Å². The quantitative estimate of drug-likeness (QED) is 0.324. The zero-order chi connectivity index (χ0) is 21.3. The Hall–Kier alpha value is -3.05. The van der Waals surface area contributed by atoms with E-state index in [1.165, 1.54) is 6.08 Å². The number of carbonyl (C=O) groups excluding carboxylic acids is 1. The SMILES string of the molecule is CCCCOc1ccc(NC(=O)/C=C/[C@H](C)Nc2ccnc3cc(Cl)ccc23)cc1. The summed E-state index contributed by atoms with van der Waals surface area (Å²) in [5.74, 6) is 0.621. The Labute approximate surface area is 182 Å². The number of nitrogens with zero attached hydrogens (tertiary/aromatic N) is 1. The lowest BCUT2D eigenvalue weighted by molar-refractivity contribution is -0.111. The maximum Gasteiger partial charge on any atom is 0.248 e. The first kappa shape index (κ1) is 21.7. The van der Waals surface area contributed by atoms with Crippen LogP contribution in [0.2, 0.25) is 5.02 Å². The van der Waals surface area contributed by atoms with E-state index in [-0.39, 0.29) is 11.9 Å². The zero-order valence-electron chi connectivity index (χ0n) is 17.2. The zero-order valence-corrected chi connectivity index (χ0v) is 17.9. The summed E-state index contributed by atoms with van der Waals surface area (Å²) in [7, 11) is 0. The van der Waals surface area contributed by atoms with Crippen LogP contribution in [0.25, 0.3) is 10.9 Å². The number of pyridine rings is 1.